The van der Waals surface area contributed by atoms with Crippen molar-refractivity contribution < 1.29 is 13.2 Å². The molecule has 1 heterocycles. The van der Waals surface area contributed by atoms with E-state index in [-0.39, 0.29) is 12.1 Å². The molecule has 0 spiro atoms. The summed E-state index contributed by atoms with van der Waals surface area (Å²) < 4.78 is 38.9. The van der Waals surface area contributed by atoms with Crippen LogP contribution < -0.4 is 0 Å². The quantitative estimate of drug-likeness (QED) is 0.609. The van der Waals surface area contributed by atoms with Gasteiger partial charge in [-0.15, -0.1) is 0 Å². The molecule has 1 aromatic rings. The number of halogens is 3. The third kappa shape index (κ3) is 1.31. The van der Waals surface area contributed by atoms with Gasteiger partial charge in [0.05, 0.1) is 6.54 Å². The van der Waals surface area contributed by atoms with Crippen LogP contribution in [-0.4, -0.2) is 12.3 Å². The Balaban J connectivity index is 2.64. The van der Waals surface area contributed by atoms with E-state index in [4.69, 9.17) is 0 Å². The minimum absolute atomic E-state index is 0.0100. The highest BCUT2D eigenvalue weighted by atomic mass is 19.2. The number of aliphatic imine (C=N–C) groups is 1. The van der Waals surface area contributed by atoms with Crippen LogP contribution >= 0.6 is 0 Å². The Morgan fingerprint density at radius 2 is 1.93 bits per heavy atom. The molecule has 1 unspecified atom stereocenters. The van der Waals surface area contributed by atoms with Crippen LogP contribution in [0.3, 0.4) is 0 Å². The lowest BCUT2D eigenvalue weighted by Crippen LogP contribution is -2.14. The number of hydrogen-bond donors (Lipinski definition) is 0. The van der Waals surface area contributed by atoms with Gasteiger partial charge in [0.2, 0.25) is 0 Å². The van der Waals surface area contributed by atoms with Crippen LogP contribution in [-0.2, 0) is 0 Å². The van der Waals surface area contributed by atoms with Gasteiger partial charge in [0.15, 0.2) is 11.6 Å². The number of rotatable bonds is 0. The molecule has 2 rings (SSSR count). The summed E-state index contributed by atoms with van der Waals surface area (Å²) in [7, 11) is 0. The molecule has 0 aromatic heterocycles. The largest absolute Gasteiger partial charge is 0.286 e. The van der Waals surface area contributed by atoms with Gasteiger partial charge in [-0.1, -0.05) is 0 Å². The van der Waals surface area contributed by atoms with E-state index < -0.39 is 17.8 Å². The van der Waals surface area contributed by atoms with Gasteiger partial charge in [0.1, 0.15) is 6.17 Å². The second-order valence-corrected chi connectivity index (χ2v) is 3.25. The lowest BCUT2D eigenvalue weighted by Gasteiger charge is -2.17. The lowest BCUT2D eigenvalue weighted by molar-refractivity contribution is 0.347. The smallest absolute Gasteiger partial charge is 0.159 e. The van der Waals surface area contributed by atoms with Gasteiger partial charge >= 0.3 is 0 Å². The number of fused-ring (bicyclic) bond motifs is 1. The van der Waals surface area contributed by atoms with E-state index in [0.29, 0.717) is 11.3 Å². The highest BCUT2D eigenvalue weighted by Gasteiger charge is 2.22. The third-order valence-corrected chi connectivity index (χ3v) is 2.31. The Morgan fingerprint density at radius 1 is 1.29 bits per heavy atom. The topological polar surface area (TPSA) is 12.4 Å². The Bertz CT molecular complexity index is 412. The molecule has 1 nitrogen and oxygen atoms in total. The van der Waals surface area contributed by atoms with Gasteiger partial charge in [-0.2, -0.15) is 0 Å². The van der Waals surface area contributed by atoms with Crippen molar-refractivity contribution in [3.05, 3.63) is 34.9 Å². The molecule has 74 valence electrons. The molecule has 4 heteroatoms. The van der Waals surface area contributed by atoms with Crippen LogP contribution in [0.2, 0.25) is 0 Å². The first-order valence-corrected chi connectivity index (χ1v) is 4.24. The molecule has 1 atom stereocenters. The zero-order valence-electron chi connectivity index (χ0n) is 7.52. The van der Waals surface area contributed by atoms with Crippen LogP contribution in [0.4, 0.5) is 13.2 Å². The first-order chi connectivity index (χ1) is 6.59. The fourth-order valence-corrected chi connectivity index (χ4v) is 1.54. The molecule has 0 radical (unpaired) electrons. The molecule has 1 aliphatic heterocycles. The summed E-state index contributed by atoms with van der Waals surface area (Å²) >= 11 is 0. The van der Waals surface area contributed by atoms with Crippen molar-refractivity contribution in [2.24, 2.45) is 4.99 Å². The predicted molar refractivity (Wildman–Crippen MR) is 47.3 cm³/mol. The first kappa shape index (κ1) is 9.24. The van der Waals surface area contributed by atoms with Gasteiger partial charge in [-0.3, -0.25) is 4.99 Å². The molecule has 0 saturated carbocycles. The summed E-state index contributed by atoms with van der Waals surface area (Å²) in [5, 5.41) is 0. The maximum absolute atomic E-state index is 13.3. The summed E-state index contributed by atoms with van der Waals surface area (Å²) in [6.45, 7) is 1.64. The lowest BCUT2D eigenvalue weighted by atomic mass is 9.97. The van der Waals surface area contributed by atoms with E-state index in [9.17, 15) is 13.2 Å². The van der Waals surface area contributed by atoms with E-state index in [0.717, 1.165) is 12.1 Å². The maximum Gasteiger partial charge on any atom is 0.159 e. The molecule has 0 saturated heterocycles. The highest BCUT2D eigenvalue weighted by Crippen LogP contribution is 2.28. The minimum Gasteiger partial charge on any atom is -0.286 e. The molecule has 0 bridgehead atoms. The highest BCUT2D eigenvalue weighted by molar-refractivity contribution is 6.00. The summed E-state index contributed by atoms with van der Waals surface area (Å²) in [4.78, 5) is 3.88. The van der Waals surface area contributed by atoms with Crippen molar-refractivity contribution in [3.8, 4) is 0 Å². The summed E-state index contributed by atoms with van der Waals surface area (Å²) in [5.41, 5.74) is 1.10. The standard InChI is InChI=1S/C10H8F3N/c1-5-6-2-8(11)9(12)3-7(6)10(13)4-14-5/h2-3,10H,4H2,1H3. The fourth-order valence-electron chi connectivity index (χ4n) is 1.54. The maximum atomic E-state index is 13.3. The predicted octanol–water partition coefficient (Wildman–Crippen LogP) is 2.80. The zero-order valence-corrected chi connectivity index (χ0v) is 7.52. The monoisotopic (exact) mass is 199 g/mol. The van der Waals surface area contributed by atoms with Crippen molar-refractivity contribution >= 4 is 5.71 Å². The van der Waals surface area contributed by atoms with E-state index >= 15 is 0 Å². The minimum atomic E-state index is -1.33. The van der Waals surface area contributed by atoms with Gasteiger partial charge in [0, 0.05) is 11.3 Å². The Kier molecular flexibility index (Phi) is 2.06. The molecule has 0 amide bonds. The molecular formula is C10H8F3N. The van der Waals surface area contributed by atoms with E-state index in [1.54, 1.807) is 6.92 Å². The van der Waals surface area contributed by atoms with Crippen molar-refractivity contribution in [3.63, 3.8) is 0 Å². The Morgan fingerprint density at radius 3 is 2.64 bits per heavy atom. The average Bonchev–Trinajstić information content (AvgIpc) is 2.15. The Labute approximate surface area is 79.3 Å². The van der Waals surface area contributed by atoms with Crippen LogP contribution in [0.5, 0.6) is 0 Å². The number of benzene rings is 1. The van der Waals surface area contributed by atoms with Crippen molar-refractivity contribution in [2.45, 2.75) is 13.1 Å². The normalized spacial score (nSPS) is 20.3. The SMILES string of the molecule is CC1=NCC(F)c2cc(F)c(F)cc21. The fraction of sp³-hybridized carbons (Fsp3) is 0.300. The van der Waals surface area contributed by atoms with Gasteiger partial charge in [-0.25, -0.2) is 13.2 Å². The van der Waals surface area contributed by atoms with E-state index in [1.165, 1.54) is 0 Å². The van der Waals surface area contributed by atoms with Crippen LogP contribution in [0.1, 0.15) is 24.2 Å². The van der Waals surface area contributed by atoms with Gasteiger partial charge in [-0.05, 0) is 24.6 Å². The molecule has 14 heavy (non-hydrogen) atoms. The average molecular weight is 199 g/mol. The van der Waals surface area contributed by atoms with Crippen molar-refractivity contribution in [1.82, 2.24) is 0 Å². The van der Waals surface area contributed by atoms with Crippen LogP contribution in [0.25, 0.3) is 0 Å². The van der Waals surface area contributed by atoms with Crippen LogP contribution in [0.15, 0.2) is 17.1 Å². The van der Waals surface area contributed by atoms with Crippen molar-refractivity contribution in [1.29, 1.82) is 0 Å². The second kappa shape index (κ2) is 3.12. The summed E-state index contributed by atoms with van der Waals surface area (Å²) in [6, 6.07) is 1.91. The second-order valence-electron chi connectivity index (χ2n) is 3.25. The van der Waals surface area contributed by atoms with Crippen molar-refractivity contribution in [2.75, 3.05) is 6.54 Å². The zero-order chi connectivity index (χ0) is 10.3. The number of hydrogen-bond acceptors (Lipinski definition) is 1. The van der Waals surface area contributed by atoms with Gasteiger partial charge in [0.25, 0.3) is 0 Å². The van der Waals surface area contributed by atoms with Gasteiger partial charge < -0.3 is 0 Å². The van der Waals surface area contributed by atoms with E-state index in [2.05, 4.69) is 4.99 Å². The molecule has 0 fully saturated rings. The molecule has 1 aliphatic rings. The number of nitrogens with zero attached hydrogens (tertiary/aromatic N) is 1. The molecule has 1 aromatic carbocycles. The summed E-state index contributed by atoms with van der Waals surface area (Å²) in [5.74, 6) is -1.98. The van der Waals surface area contributed by atoms with E-state index in [1.807, 2.05) is 0 Å². The molecule has 0 aliphatic carbocycles. The van der Waals surface area contributed by atoms with Crippen LogP contribution in [0, 0.1) is 11.6 Å². The molecule has 0 N–H and O–H groups in total. The first-order valence-electron chi connectivity index (χ1n) is 4.24. The summed E-state index contributed by atoms with van der Waals surface area (Å²) in [6.07, 6.45) is -1.33. The third-order valence-electron chi connectivity index (χ3n) is 2.31. The Hall–Kier alpha value is -1.32. The molecular weight excluding hydrogens is 191 g/mol. The number of alkyl halides is 1.